The zero-order chi connectivity index (χ0) is 12.3. The smallest absolute Gasteiger partial charge is 0.142 e. The number of methoxy groups -OCH3 is 1. The maximum absolute atomic E-state index is 5.96. The van der Waals surface area contributed by atoms with Crippen molar-refractivity contribution in [3.8, 4) is 5.75 Å². The van der Waals surface area contributed by atoms with Gasteiger partial charge in [0.25, 0.3) is 0 Å². The number of aryl methyl sites for hydroxylation is 1. The highest BCUT2D eigenvalue weighted by atomic mass is 16.5. The van der Waals surface area contributed by atoms with Crippen molar-refractivity contribution in [3.05, 3.63) is 48.0 Å². The molecule has 0 aliphatic heterocycles. The molecule has 0 spiro atoms. The summed E-state index contributed by atoms with van der Waals surface area (Å²) in [5, 5.41) is 3.27. The van der Waals surface area contributed by atoms with Crippen LogP contribution in [0.5, 0.6) is 5.75 Å². The maximum Gasteiger partial charge on any atom is 0.142 e. The van der Waals surface area contributed by atoms with Crippen molar-refractivity contribution in [1.29, 1.82) is 0 Å². The van der Waals surface area contributed by atoms with Crippen LogP contribution < -0.4 is 15.8 Å². The van der Waals surface area contributed by atoms with Crippen LogP contribution in [0.4, 0.5) is 17.1 Å². The fourth-order valence-corrected chi connectivity index (χ4v) is 1.69. The molecule has 0 amide bonds. The highest BCUT2D eigenvalue weighted by molar-refractivity contribution is 5.75. The molecule has 3 N–H and O–H groups in total. The maximum atomic E-state index is 5.96. The van der Waals surface area contributed by atoms with E-state index in [1.165, 1.54) is 0 Å². The third-order valence-corrected chi connectivity index (χ3v) is 2.58. The Balaban J connectivity index is 2.31. The standard InChI is InChI=1S/C14H16N2O/c1-10-7-8-12(11(15)9-10)16-13-5-3-4-6-14(13)17-2/h3-9,16H,15H2,1-2H3. The first-order valence-electron chi connectivity index (χ1n) is 5.47. The molecule has 17 heavy (non-hydrogen) atoms. The monoisotopic (exact) mass is 228 g/mol. The van der Waals surface area contributed by atoms with Gasteiger partial charge in [-0.15, -0.1) is 0 Å². The van der Waals surface area contributed by atoms with Crippen LogP contribution in [0, 0.1) is 6.92 Å². The molecular formula is C14H16N2O. The Bertz CT molecular complexity index is 523. The first-order valence-corrected chi connectivity index (χ1v) is 5.47. The molecule has 2 aromatic carbocycles. The zero-order valence-corrected chi connectivity index (χ0v) is 10.0. The van der Waals surface area contributed by atoms with Gasteiger partial charge in [0.1, 0.15) is 5.75 Å². The molecule has 2 aromatic rings. The number of ether oxygens (including phenoxy) is 1. The van der Waals surface area contributed by atoms with E-state index in [1.54, 1.807) is 7.11 Å². The lowest BCUT2D eigenvalue weighted by Crippen LogP contribution is -1.98. The van der Waals surface area contributed by atoms with Gasteiger partial charge in [0.05, 0.1) is 24.2 Å². The molecule has 0 bridgehead atoms. The minimum atomic E-state index is 0.732. The number of hydrogen-bond donors (Lipinski definition) is 2. The third kappa shape index (κ3) is 2.50. The second-order valence-electron chi connectivity index (χ2n) is 3.92. The Kier molecular flexibility index (Phi) is 3.19. The van der Waals surface area contributed by atoms with Crippen LogP contribution in [-0.4, -0.2) is 7.11 Å². The van der Waals surface area contributed by atoms with Gasteiger partial charge in [0.15, 0.2) is 0 Å². The summed E-state index contributed by atoms with van der Waals surface area (Å²) in [6.45, 7) is 2.02. The van der Waals surface area contributed by atoms with E-state index in [0.29, 0.717) is 0 Å². The van der Waals surface area contributed by atoms with E-state index < -0.39 is 0 Å². The third-order valence-electron chi connectivity index (χ3n) is 2.58. The highest BCUT2D eigenvalue weighted by Gasteiger charge is 2.04. The number of nitrogen functional groups attached to an aromatic ring is 1. The van der Waals surface area contributed by atoms with Crippen molar-refractivity contribution in [1.82, 2.24) is 0 Å². The van der Waals surface area contributed by atoms with Gasteiger partial charge in [-0.2, -0.15) is 0 Å². The minimum absolute atomic E-state index is 0.732. The fourth-order valence-electron chi connectivity index (χ4n) is 1.69. The predicted octanol–water partition coefficient (Wildman–Crippen LogP) is 3.33. The Hall–Kier alpha value is -2.16. The molecule has 0 aliphatic carbocycles. The van der Waals surface area contributed by atoms with Crippen LogP contribution in [0.3, 0.4) is 0 Å². The van der Waals surface area contributed by atoms with E-state index in [1.807, 2.05) is 49.4 Å². The molecule has 0 unspecified atom stereocenters. The van der Waals surface area contributed by atoms with Crippen LogP contribution in [0.25, 0.3) is 0 Å². The van der Waals surface area contributed by atoms with E-state index in [9.17, 15) is 0 Å². The second kappa shape index (κ2) is 4.78. The van der Waals surface area contributed by atoms with Gasteiger partial charge in [-0.3, -0.25) is 0 Å². The van der Waals surface area contributed by atoms with Gasteiger partial charge >= 0.3 is 0 Å². The summed E-state index contributed by atoms with van der Waals surface area (Å²) in [5.74, 6) is 0.799. The van der Waals surface area contributed by atoms with Crippen molar-refractivity contribution in [3.63, 3.8) is 0 Å². The number of para-hydroxylation sites is 2. The van der Waals surface area contributed by atoms with E-state index in [2.05, 4.69) is 5.32 Å². The number of rotatable bonds is 3. The number of benzene rings is 2. The Labute approximate surface area is 101 Å². The lowest BCUT2D eigenvalue weighted by atomic mass is 10.2. The molecular weight excluding hydrogens is 212 g/mol. The van der Waals surface area contributed by atoms with E-state index in [4.69, 9.17) is 10.5 Å². The average molecular weight is 228 g/mol. The van der Waals surface area contributed by atoms with Gasteiger partial charge < -0.3 is 15.8 Å². The van der Waals surface area contributed by atoms with Crippen molar-refractivity contribution in [2.24, 2.45) is 0 Å². The van der Waals surface area contributed by atoms with Crippen molar-refractivity contribution >= 4 is 17.1 Å². The molecule has 0 saturated carbocycles. The molecule has 0 radical (unpaired) electrons. The average Bonchev–Trinajstić information content (AvgIpc) is 2.33. The van der Waals surface area contributed by atoms with Crippen LogP contribution >= 0.6 is 0 Å². The largest absolute Gasteiger partial charge is 0.495 e. The van der Waals surface area contributed by atoms with Crippen molar-refractivity contribution < 1.29 is 4.74 Å². The fraction of sp³-hybridized carbons (Fsp3) is 0.143. The summed E-state index contributed by atoms with van der Waals surface area (Å²) in [6, 6.07) is 13.7. The topological polar surface area (TPSA) is 47.3 Å². The van der Waals surface area contributed by atoms with Gasteiger partial charge in [-0.25, -0.2) is 0 Å². The molecule has 0 saturated heterocycles. The van der Waals surface area contributed by atoms with Gasteiger partial charge in [-0.05, 0) is 36.8 Å². The van der Waals surface area contributed by atoms with Crippen molar-refractivity contribution in [2.45, 2.75) is 6.92 Å². The van der Waals surface area contributed by atoms with Gasteiger partial charge in [0, 0.05) is 0 Å². The normalized spacial score (nSPS) is 10.0. The summed E-state index contributed by atoms with van der Waals surface area (Å²) >= 11 is 0. The predicted molar refractivity (Wildman–Crippen MR) is 71.9 cm³/mol. The Morgan fingerprint density at radius 1 is 1.06 bits per heavy atom. The molecule has 0 aromatic heterocycles. The minimum Gasteiger partial charge on any atom is -0.495 e. The number of anilines is 3. The molecule has 0 heterocycles. The van der Waals surface area contributed by atoms with E-state index >= 15 is 0 Å². The van der Waals surface area contributed by atoms with Crippen molar-refractivity contribution in [2.75, 3.05) is 18.2 Å². The van der Waals surface area contributed by atoms with Crippen LogP contribution in [-0.2, 0) is 0 Å². The number of hydrogen-bond acceptors (Lipinski definition) is 3. The molecule has 0 atom stereocenters. The van der Waals surface area contributed by atoms with Crippen LogP contribution in [0.2, 0.25) is 0 Å². The first-order chi connectivity index (χ1) is 8.20. The van der Waals surface area contributed by atoms with Gasteiger partial charge in [-0.1, -0.05) is 18.2 Å². The molecule has 0 aliphatic rings. The SMILES string of the molecule is COc1ccccc1Nc1ccc(C)cc1N. The molecule has 2 rings (SSSR count). The highest BCUT2D eigenvalue weighted by Crippen LogP contribution is 2.29. The lowest BCUT2D eigenvalue weighted by molar-refractivity contribution is 0.417. The molecule has 3 heteroatoms. The van der Waals surface area contributed by atoms with Crippen LogP contribution in [0.15, 0.2) is 42.5 Å². The van der Waals surface area contributed by atoms with E-state index in [0.717, 1.165) is 28.4 Å². The zero-order valence-electron chi connectivity index (χ0n) is 10.0. The van der Waals surface area contributed by atoms with E-state index in [-0.39, 0.29) is 0 Å². The quantitative estimate of drug-likeness (QED) is 0.792. The summed E-state index contributed by atoms with van der Waals surface area (Å²) in [7, 11) is 1.65. The summed E-state index contributed by atoms with van der Waals surface area (Å²) in [6.07, 6.45) is 0. The second-order valence-corrected chi connectivity index (χ2v) is 3.92. The Morgan fingerprint density at radius 3 is 2.53 bits per heavy atom. The summed E-state index contributed by atoms with van der Waals surface area (Å²) in [5.41, 5.74) is 9.63. The summed E-state index contributed by atoms with van der Waals surface area (Å²) in [4.78, 5) is 0. The van der Waals surface area contributed by atoms with Gasteiger partial charge in [0.2, 0.25) is 0 Å². The summed E-state index contributed by atoms with van der Waals surface area (Å²) < 4.78 is 5.28. The van der Waals surface area contributed by atoms with Crippen LogP contribution in [0.1, 0.15) is 5.56 Å². The number of nitrogens with two attached hydrogens (primary N) is 1. The lowest BCUT2D eigenvalue weighted by Gasteiger charge is -2.13. The molecule has 3 nitrogen and oxygen atoms in total. The number of nitrogens with one attached hydrogen (secondary N) is 1. The first kappa shape index (κ1) is 11.3. The Morgan fingerprint density at radius 2 is 1.82 bits per heavy atom. The molecule has 0 fully saturated rings. The molecule has 88 valence electrons.